The quantitative estimate of drug-likeness (QED) is 0.429. The van der Waals surface area contributed by atoms with Crippen molar-refractivity contribution in [2.75, 3.05) is 18.1 Å². The maximum Gasteiger partial charge on any atom is 0.414 e. The zero-order valence-electron chi connectivity index (χ0n) is 19.2. The lowest BCUT2D eigenvalue weighted by Gasteiger charge is -2.23. The Kier molecular flexibility index (Phi) is 6.01. The van der Waals surface area contributed by atoms with Crippen molar-refractivity contribution in [1.82, 2.24) is 14.8 Å². The highest BCUT2D eigenvalue weighted by molar-refractivity contribution is 5.91. The Morgan fingerprint density at radius 2 is 1.60 bits per heavy atom. The van der Waals surface area contributed by atoms with E-state index in [1.54, 1.807) is 23.0 Å². The summed E-state index contributed by atoms with van der Waals surface area (Å²) in [5.41, 5.74) is 5.29. The molecule has 0 aliphatic heterocycles. The average molecular weight is 469 g/mol. The van der Waals surface area contributed by atoms with E-state index in [4.69, 9.17) is 4.74 Å². The van der Waals surface area contributed by atoms with E-state index in [1.807, 2.05) is 31.3 Å². The molecule has 0 saturated carbocycles. The number of hydrogen-bond donors (Lipinski definition) is 1. The SMILES string of the molecule is Cn1cnnc1CCN(C(=O)OCC1c2ccccc2-c2ccccc21)c1ccc(C(=O)O)cc1. The first-order chi connectivity index (χ1) is 17.0. The van der Waals surface area contributed by atoms with Crippen molar-refractivity contribution in [3.05, 3.63) is 102 Å². The first-order valence-electron chi connectivity index (χ1n) is 11.3. The van der Waals surface area contributed by atoms with E-state index >= 15 is 0 Å². The van der Waals surface area contributed by atoms with E-state index in [1.165, 1.54) is 17.0 Å². The van der Waals surface area contributed by atoms with Gasteiger partial charge in [-0.25, -0.2) is 9.59 Å². The Hall–Kier alpha value is -4.46. The number of aryl methyl sites for hydroxylation is 1. The number of amides is 1. The molecular weight excluding hydrogens is 444 g/mol. The van der Waals surface area contributed by atoms with Crippen LogP contribution in [0.15, 0.2) is 79.1 Å². The summed E-state index contributed by atoms with van der Waals surface area (Å²) in [5.74, 6) is -0.353. The van der Waals surface area contributed by atoms with Crippen LogP contribution >= 0.6 is 0 Å². The van der Waals surface area contributed by atoms with Gasteiger partial charge in [-0.1, -0.05) is 48.5 Å². The summed E-state index contributed by atoms with van der Waals surface area (Å²) in [6.07, 6.45) is 1.56. The number of fused-ring (bicyclic) bond motifs is 3. The van der Waals surface area contributed by atoms with Crippen molar-refractivity contribution in [3.8, 4) is 11.1 Å². The number of rotatable bonds is 7. The minimum atomic E-state index is -1.02. The fourth-order valence-corrected chi connectivity index (χ4v) is 4.53. The molecule has 3 aromatic carbocycles. The second-order valence-corrected chi connectivity index (χ2v) is 8.42. The topological polar surface area (TPSA) is 97.5 Å². The third kappa shape index (κ3) is 4.38. The summed E-state index contributed by atoms with van der Waals surface area (Å²) in [6, 6.07) is 22.5. The zero-order valence-corrected chi connectivity index (χ0v) is 19.2. The molecule has 0 fully saturated rings. The molecule has 176 valence electrons. The fraction of sp³-hybridized carbons (Fsp3) is 0.185. The number of carboxylic acid groups (broad SMARTS) is 1. The smallest absolute Gasteiger partial charge is 0.414 e. The molecule has 1 aliphatic carbocycles. The van der Waals surface area contributed by atoms with Crippen LogP contribution in [-0.4, -0.2) is 45.1 Å². The second kappa shape index (κ2) is 9.42. The highest BCUT2D eigenvalue weighted by atomic mass is 16.6. The lowest BCUT2D eigenvalue weighted by molar-refractivity contribution is 0.0697. The molecule has 4 aromatic rings. The summed E-state index contributed by atoms with van der Waals surface area (Å²) < 4.78 is 7.66. The zero-order chi connectivity index (χ0) is 24.4. The van der Waals surface area contributed by atoms with Crippen molar-refractivity contribution in [2.24, 2.45) is 7.05 Å². The van der Waals surface area contributed by atoms with Crippen LogP contribution in [0.3, 0.4) is 0 Å². The molecule has 1 aromatic heterocycles. The summed E-state index contributed by atoms with van der Waals surface area (Å²) in [6.45, 7) is 0.496. The number of aromatic nitrogens is 3. The molecular formula is C27H24N4O4. The second-order valence-electron chi connectivity index (χ2n) is 8.42. The van der Waals surface area contributed by atoms with Crippen LogP contribution in [0, 0.1) is 0 Å². The Balaban J connectivity index is 1.37. The normalized spacial score (nSPS) is 12.1. The maximum atomic E-state index is 13.3. The molecule has 8 nitrogen and oxygen atoms in total. The number of hydrogen-bond acceptors (Lipinski definition) is 5. The van der Waals surface area contributed by atoms with E-state index in [0.29, 0.717) is 18.7 Å². The molecule has 0 bridgehead atoms. The van der Waals surface area contributed by atoms with Crippen molar-refractivity contribution in [2.45, 2.75) is 12.3 Å². The highest BCUT2D eigenvalue weighted by Gasteiger charge is 2.30. The van der Waals surface area contributed by atoms with Gasteiger partial charge in [0, 0.05) is 31.6 Å². The van der Waals surface area contributed by atoms with E-state index in [-0.39, 0.29) is 18.1 Å². The average Bonchev–Trinajstić information content (AvgIpc) is 3.43. The van der Waals surface area contributed by atoms with Gasteiger partial charge in [0.1, 0.15) is 18.8 Å². The number of nitrogens with zero attached hydrogens (tertiary/aromatic N) is 4. The number of aromatic carboxylic acids is 1. The summed E-state index contributed by atoms with van der Waals surface area (Å²) >= 11 is 0. The van der Waals surface area contributed by atoms with Crippen LogP contribution in [0.5, 0.6) is 0 Å². The molecule has 1 heterocycles. The molecule has 0 spiro atoms. The molecule has 5 rings (SSSR count). The van der Waals surface area contributed by atoms with E-state index in [2.05, 4.69) is 34.5 Å². The van der Waals surface area contributed by atoms with Crippen molar-refractivity contribution in [3.63, 3.8) is 0 Å². The van der Waals surface area contributed by atoms with Crippen LogP contribution in [0.2, 0.25) is 0 Å². The summed E-state index contributed by atoms with van der Waals surface area (Å²) in [7, 11) is 1.84. The van der Waals surface area contributed by atoms with Gasteiger partial charge in [0.25, 0.3) is 0 Å². The van der Waals surface area contributed by atoms with Gasteiger partial charge in [0.05, 0.1) is 5.56 Å². The van der Waals surface area contributed by atoms with E-state index in [0.717, 1.165) is 28.1 Å². The van der Waals surface area contributed by atoms with Gasteiger partial charge in [-0.05, 0) is 46.5 Å². The predicted octanol–water partition coefficient (Wildman–Crippen LogP) is 4.51. The third-order valence-corrected chi connectivity index (χ3v) is 6.35. The first-order valence-corrected chi connectivity index (χ1v) is 11.3. The summed E-state index contributed by atoms with van der Waals surface area (Å²) in [5, 5.41) is 17.2. The largest absolute Gasteiger partial charge is 0.478 e. The first kappa shape index (κ1) is 22.3. The lowest BCUT2D eigenvalue weighted by atomic mass is 9.98. The molecule has 8 heteroatoms. The Morgan fingerprint density at radius 1 is 0.971 bits per heavy atom. The molecule has 0 unspecified atom stereocenters. The van der Waals surface area contributed by atoms with Gasteiger partial charge in [-0.3, -0.25) is 4.90 Å². The van der Waals surface area contributed by atoms with Gasteiger partial charge in [0.15, 0.2) is 0 Å². The van der Waals surface area contributed by atoms with Crippen LogP contribution in [-0.2, 0) is 18.2 Å². The van der Waals surface area contributed by atoms with E-state index in [9.17, 15) is 14.7 Å². The fourth-order valence-electron chi connectivity index (χ4n) is 4.53. The standard InChI is InChI=1S/C27H24N4O4/c1-30-17-28-29-25(30)14-15-31(19-12-10-18(11-13-19)26(32)33)27(34)35-16-24-22-8-4-2-6-20(22)21-7-3-5-9-23(21)24/h2-13,17,24H,14-16H2,1H3,(H,32,33). The number of carbonyl (C=O) groups excluding carboxylic acids is 1. The lowest BCUT2D eigenvalue weighted by Crippen LogP contribution is -2.34. The maximum absolute atomic E-state index is 13.3. The number of carbonyl (C=O) groups is 2. The Bertz CT molecular complexity index is 1330. The van der Waals surface area contributed by atoms with Gasteiger partial charge in [-0.15, -0.1) is 10.2 Å². The molecule has 1 N–H and O–H groups in total. The minimum Gasteiger partial charge on any atom is -0.478 e. The molecule has 1 amide bonds. The van der Waals surface area contributed by atoms with Crippen LogP contribution in [0.25, 0.3) is 11.1 Å². The van der Waals surface area contributed by atoms with Crippen molar-refractivity contribution in [1.29, 1.82) is 0 Å². The molecule has 1 aliphatic rings. The predicted molar refractivity (Wildman–Crippen MR) is 131 cm³/mol. The van der Waals surface area contributed by atoms with Gasteiger partial charge < -0.3 is 14.4 Å². The van der Waals surface area contributed by atoms with Gasteiger partial charge in [-0.2, -0.15) is 0 Å². The molecule has 35 heavy (non-hydrogen) atoms. The van der Waals surface area contributed by atoms with E-state index < -0.39 is 12.1 Å². The number of benzene rings is 3. The molecule has 0 atom stereocenters. The minimum absolute atomic E-state index is 0.0543. The highest BCUT2D eigenvalue weighted by Crippen LogP contribution is 2.44. The van der Waals surface area contributed by atoms with Gasteiger partial charge >= 0.3 is 12.1 Å². The summed E-state index contributed by atoms with van der Waals surface area (Å²) in [4.78, 5) is 26.1. The molecule has 0 saturated heterocycles. The van der Waals surface area contributed by atoms with Crippen LogP contribution in [0.1, 0.15) is 33.2 Å². The van der Waals surface area contributed by atoms with Crippen molar-refractivity contribution < 1.29 is 19.4 Å². The van der Waals surface area contributed by atoms with Gasteiger partial charge in [0.2, 0.25) is 0 Å². The number of ether oxygens (including phenoxy) is 1. The van der Waals surface area contributed by atoms with Crippen LogP contribution < -0.4 is 4.90 Å². The Morgan fingerprint density at radius 3 is 2.17 bits per heavy atom. The number of anilines is 1. The number of carboxylic acids is 1. The Labute approximate surface area is 202 Å². The molecule has 0 radical (unpaired) electrons. The van der Waals surface area contributed by atoms with Crippen molar-refractivity contribution >= 4 is 17.7 Å². The third-order valence-electron chi connectivity index (χ3n) is 6.35. The monoisotopic (exact) mass is 468 g/mol. The van der Waals surface area contributed by atoms with Crippen LogP contribution in [0.4, 0.5) is 10.5 Å².